The molecule has 1 heterocycles. The van der Waals surface area contributed by atoms with Crippen LogP contribution < -0.4 is 0 Å². The molecule has 1 atom stereocenters. The highest BCUT2D eigenvalue weighted by molar-refractivity contribution is 6.30. The third-order valence-electron chi connectivity index (χ3n) is 3.24. The molecule has 1 aliphatic heterocycles. The number of ether oxygens (including phenoxy) is 1. The van der Waals surface area contributed by atoms with Crippen molar-refractivity contribution in [1.82, 2.24) is 0 Å². The van der Waals surface area contributed by atoms with E-state index in [1.54, 1.807) is 0 Å². The zero-order valence-corrected chi connectivity index (χ0v) is 11.0. The average molecular weight is 273 g/mol. The zero-order valence-electron chi connectivity index (χ0n) is 10.2. The van der Waals surface area contributed by atoms with Crippen LogP contribution in [0.2, 0.25) is 5.02 Å². The van der Waals surface area contributed by atoms with Gasteiger partial charge in [0, 0.05) is 10.6 Å². The molecular formula is C16H13ClO2. The lowest BCUT2D eigenvalue weighted by molar-refractivity contribution is -0.0311. The Kier molecular flexibility index (Phi) is 3.38. The average Bonchev–Trinajstić information content (AvgIpc) is 2.82. The molecule has 2 aromatic rings. The van der Waals surface area contributed by atoms with E-state index in [0.717, 1.165) is 22.3 Å². The van der Waals surface area contributed by atoms with E-state index in [1.165, 1.54) is 0 Å². The molecule has 2 aromatic carbocycles. The zero-order chi connectivity index (χ0) is 13.2. The molecule has 0 spiro atoms. The highest BCUT2D eigenvalue weighted by Gasteiger charge is 2.26. The third-order valence-corrected chi connectivity index (χ3v) is 3.49. The largest absolute Gasteiger partial charge is 0.364 e. The smallest absolute Gasteiger partial charge is 0.182 e. The number of benzene rings is 2. The summed E-state index contributed by atoms with van der Waals surface area (Å²) in [6.45, 7) is 0.410. The van der Waals surface area contributed by atoms with Gasteiger partial charge >= 0.3 is 0 Å². The van der Waals surface area contributed by atoms with Crippen molar-refractivity contribution in [2.24, 2.45) is 0 Å². The number of aliphatic hydroxyl groups is 1. The topological polar surface area (TPSA) is 29.5 Å². The molecule has 0 fully saturated rings. The Bertz CT molecular complexity index is 602. The Morgan fingerprint density at radius 3 is 2.32 bits per heavy atom. The lowest BCUT2D eigenvalue weighted by atomic mass is 9.96. The molecule has 3 heteroatoms. The normalized spacial score (nSPS) is 18.9. The number of rotatable bonds is 2. The summed E-state index contributed by atoms with van der Waals surface area (Å²) in [4.78, 5) is 0. The van der Waals surface area contributed by atoms with Crippen LogP contribution in [0, 0.1) is 0 Å². The minimum atomic E-state index is -0.868. The van der Waals surface area contributed by atoms with Gasteiger partial charge in [0.2, 0.25) is 0 Å². The van der Waals surface area contributed by atoms with Gasteiger partial charge in [-0.25, -0.2) is 0 Å². The predicted molar refractivity (Wildman–Crippen MR) is 76.7 cm³/mol. The van der Waals surface area contributed by atoms with Crippen LogP contribution in [-0.4, -0.2) is 18.0 Å². The summed E-state index contributed by atoms with van der Waals surface area (Å²) in [6.07, 6.45) is -0.868. The van der Waals surface area contributed by atoms with Crippen molar-refractivity contribution in [3.05, 3.63) is 70.7 Å². The molecule has 0 amide bonds. The summed E-state index contributed by atoms with van der Waals surface area (Å²) in [6, 6.07) is 17.4. The second-order valence-corrected chi connectivity index (χ2v) is 4.86. The van der Waals surface area contributed by atoms with Gasteiger partial charge in [-0.1, -0.05) is 54.1 Å². The van der Waals surface area contributed by atoms with Gasteiger partial charge in [-0.3, -0.25) is 0 Å². The Labute approximate surface area is 116 Å². The molecule has 1 aliphatic rings. The van der Waals surface area contributed by atoms with E-state index in [9.17, 15) is 5.11 Å². The first kappa shape index (κ1) is 12.4. The molecule has 0 aliphatic carbocycles. The quantitative estimate of drug-likeness (QED) is 0.905. The minimum absolute atomic E-state index is 0.410. The van der Waals surface area contributed by atoms with Crippen LogP contribution in [-0.2, 0) is 4.74 Å². The van der Waals surface area contributed by atoms with Crippen LogP contribution in [0.1, 0.15) is 11.1 Å². The lowest BCUT2D eigenvalue weighted by Gasteiger charge is -2.09. The third kappa shape index (κ3) is 2.43. The molecule has 0 radical (unpaired) electrons. The summed E-state index contributed by atoms with van der Waals surface area (Å²) in [7, 11) is 0. The first-order chi connectivity index (χ1) is 9.25. The van der Waals surface area contributed by atoms with Gasteiger partial charge in [0.1, 0.15) is 0 Å². The van der Waals surface area contributed by atoms with Gasteiger partial charge in [0.25, 0.3) is 0 Å². The van der Waals surface area contributed by atoms with E-state index in [2.05, 4.69) is 0 Å². The molecule has 2 nitrogen and oxygen atoms in total. The van der Waals surface area contributed by atoms with Gasteiger partial charge < -0.3 is 9.84 Å². The molecule has 0 aromatic heterocycles. The second-order valence-electron chi connectivity index (χ2n) is 4.43. The van der Waals surface area contributed by atoms with Crippen LogP contribution in [0.4, 0.5) is 0 Å². The van der Waals surface area contributed by atoms with E-state index in [-0.39, 0.29) is 0 Å². The maximum atomic E-state index is 10.0. The van der Waals surface area contributed by atoms with Crippen LogP contribution in [0.15, 0.2) is 54.6 Å². The van der Waals surface area contributed by atoms with Crippen molar-refractivity contribution < 1.29 is 9.84 Å². The summed E-state index contributed by atoms with van der Waals surface area (Å²) >= 11 is 5.90. The molecule has 1 N–H and O–H groups in total. The monoisotopic (exact) mass is 272 g/mol. The SMILES string of the molecule is OC1OCC(c2ccc(Cl)cc2)=C1c1ccccc1. The summed E-state index contributed by atoms with van der Waals surface area (Å²) < 4.78 is 5.37. The Morgan fingerprint density at radius 1 is 0.947 bits per heavy atom. The van der Waals surface area contributed by atoms with Crippen molar-refractivity contribution in [3.63, 3.8) is 0 Å². The molecule has 19 heavy (non-hydrogen) atoms. The van der Waals surface area contributed by atoms with Crippen LogP contribution in [0.5, 0.6) is 0 Å². The van der Waals surface area contributed by atoms with Crippen molar-refractivity contribution in [2.45, 2.75) is 6.29 Å². The van der Waals surface area contributed by atoms with Crippen molar-refractivity contribution in [3.8, 4) is 0 Å². The maximum absolute atomic E-state index is 10.0. The van der Waals surface area contributed by atoms with E-state index in [1.807, 2.05) is 54.6 Å². The fourth-order valence-electron chi connectivity index (χ4n) is 2.30. The second kappa shape index (κ2) is 5.17. The highest BCUT2D eigenvalue weighted by Crippen LogP contribution is 2.35. The highest BCUT2D eigenvalue weighted by atomic mass is 35.5. The minimum Gasteiger partial charge on any atom is -0.364 e. The maximum Gasteiger partial charge on any atom is 0.182 e. The van der Waals surface area contributed by atoms with E-state index in [0.29, 0.717) is 11.6 Å². The number of aliphatic hydroxyl groups excluding tert-OH is 1. The first-order valence-corrected chi connectivity index (χ1v) is 6.47. The van der Waals surface area contributed by atoms with Gasteiger partial charge in [-0.15, -0.1) is 0 Å². The Hall–Kier alpha value is -1.61. The standard InChI is InChI=1S/C16H13ClO2/c17-13-8-6-11(7-9-13)14-10-19-16(18)15(14)12-4-2-1-3-5-12/h1-9,16,18H,10H2. The Morgan fingerprint density at radius 2 is 1.63 bits per heavy atom. The fourth-order valence-corrected chi connectivity index (χ4v) is 2.42. The molecule has 96 valence electrons. The predicted octanol–water partition coefficient (Wildman–Crippen LogP) is 3.60. The van der Waals surface area contributed by atoms with Crippen molar-refractivity contribution in [1.29, 1.82) is 0 Å². The number of hydrogen-bond donors (Lipinski definition) is 1. The van der Waals surface area contributed by atoms with Gasteiger partial charge in [0.05, 0.1) is 6.61 Å². The molecule has 0 saturated heterocycles. The van der Waals surface area contributed by atoms with Crippen LogP contribution >= 0.6 is 11.6 Å². The van der Waals surface area contributed by atoms with E-state index >= 15 is 0 Å². The molecule has 0 saturated carbocycles. The van der Waals surface area contributed by atoms with Gasteiger partial charge in [-0.2, -0.15) is 0 Å². The van der Waals surface area contributed by atoms with Crippen molar-refractivity contribution >= 4 is 22.7 Å². The van der Waals surface area contributed by atoms with Gasteiger partial charge in [0.15, 0.2) is 6.29 Å². The van der Waals surface area contributed by atoms with Crippen molar-refractivity contribution in [2.75, 3.05) is 6.61 Å². The molecule has 1 unspecified atom stereocenters. The van der Waals surface area contributed by atoms with E-state index < -0.39 is 6.29 Å². The summed E-state index contributed by atoms with van der Waals surface area (Å²) in [5.74, 6) is 0. The number of halogens is 1. The number of hydrogen-bond acceptors (Lipinski definition) is 2. The first-order valence-electron chi connectivity index (χ1n) is 6.10. The van der Waals surface area contributed by atoms with E-state index in [4.69, 9.17) is 16.3 Å². The van der Waals surface area contributed by atoms with Crippen LogP contribution in [0.25, 0.3) is 11.1 Å². The molecular weight excluding hydrogens is 260 g/mol. The summed E-state index contributed by atoms with van der Waals surface area (Å²) in [5.41, 5.74) is 3.86. The van der Waals surface area contributed by atoms with Crippen LogP contribution in [0.3, 0.4) is 0 Å². The van der Waals surface area contributed by atoms with Gasteiger partial charge in [-0.05, 0) is 28.8 Å². The fraction of sp³-hybridized carbons (Fsp3) is 0.125. The Balaban J connectivity index is 2.11. The molecule has 3 rings (SSSR count). The lowest BCUT2D eigenvalue weighted by Crippen LogP contribution is -2.06. The molecule has 0 bridgehead atoms. The summed E-state index contributed by atoms with van der Waals surface area (Å²) in [5, 5.41) is 10.7.